The number of H-pyrrole nitrogens is 1. The summed E-state index contributed by atoms with van der Waals surface area (Å²) in [6, 6.07) is 14.2. The van der Waals surface area contributed by atoms with Crippen molar-refractivity contribution in [3.05, 3.63) is 70.1 Å². The largest absolute Gasteiger partial charge is 0.494 e. The molecule has 0 aliphatic heterocycles. The van der Waals surface area contributed by atoms with Crippen molar-refractivity contribution < 1.29 is 9.53 Å². The van der Waals surface area contributed by atoms with Crippen LogP contribution < -0.4 is 15.6 Å². The summed E-state index contributed by atoms with van der Waals surface area (Å²) in [6.45, 7) is 3.01. The highest BCUT2D eigenvalue weighted by Crippen LogP contribution is 2.14. The minimum absolute atomic E-state index is 0.206. The summed E-state index contributed by atoms with van der Waals surface area (Å²) >= 11 is 0. The average Bonchev–Trinajstić information content (AvgIpc) is 2.68. The number of hydrogen-bond donors (Lipinski definition) is 2. The zero-order valence-corrected chi connectivity index (χ0v) is 14.6. The second-order valence-corrected chi connectivity index (χ2v) is 5.95. The van der Waals surface area contributed by atoms with Gasteiger partial charge in [0.2, 0.25) is 0 Å². The minimum Gasteiger partial charge on any atom is -0.494 e. The van der Waals surface area contributed by atoms with Gasteiger partial charge in [0, 0.05) is 10.9 Å². The van der Waals surface area contributed by atoms with E-state index in [1.54, 1.807) is 36.4 Å². The van der Waals surface area contributed by atoms with Crippen LogP contribution >= 0.6 is 0 Å². The molecule has 3 rings (SSSR count). The topological polar surface area (TPSA) is 84.1 Å². The van der Waals surface area contributed by atoms with Crippen molar-refractivity contribution in [3.63, 3.8) is 0 Å². The molecule has 0 radical (unpaired) electrons. The predicted molar refractivity (Wildman–Crippen MR) is 100 cm³/mol. The van der Waals surface area contributed by atoms with Crippen LogP contribution in [-0.4, -0.2) is 22.7 Å². The van der Waals surface area contributed by atoms with E-state index < -0.39 is 0 Å². The molecule has 6 nitrogen and oxygen atoms in total. The van der Waals surface area contributed by atoms with Gasteiger partial charge in [0.1, 0.15) is 5.75 Å². The smallest absolute Gasteiger partial charge is 0.272 e. The Kier molecular flexibility index (Phi) is 5.63. The molecule has 1 amide bonds. The first kappa shape index (κ1) is 17.7. The summed E-state index contributed by atoms with van der Waals surface area (Å²) in [5, 5.41) is 10.6. The molecular formula is C20H21N3O3. The number of benzene rings is 2. The number of aromatic nitrogens is 2. The van der Waals surface area contributed by atoms with E-state index in [1.807, 2.05) is 12.1 Å². The van der Waals surface area contributed by atoms with Crippen LogP contribution in [-0.2, 0) is 6.54 Å². The molecule has 2 N–H and O–H groups in total. The Hall–Kier alpha value is -3.15. The van der Waals surface area contributed by atoms with E-state index in [1.165, 1.54) is 0 Å². The third-order valence-electron chi connectivity index (χ3n) is 4.07. The van der Waals surface area contributed by atoms with Crippen molar-refractivity contribution in [3.8, 4) is 5.75 Å². The standard InChI is InChI=1S/C20H21N3O3/c1-2-3-12-26-15-10-8-14(9-11-15)19(24)21-13-18-16-6-4-5-7-17(16)20(25)23-22-18/h4-11H,2-3,12-13H2,1H3,(H,21,24)(H,23,25). The lowest BCUT2D eigenvalue weighted by atomic mass is 10.1. The van der Waals surface area contributed by atoms with E-state index in [0.717, 1.165) is 24.0 Å². The zero-order chi connectivity index (χ0) is 18.4. The van der Waals surface area contributed by atoms with Gasteiger partial charge in [-0.1, -0.05) is 31.5 Å². The molecule has 134 valence electrons. The second-order valence-electron chi connectivity index (χ2n) is 5.95. The molecule has 0 fully saturated rings. The van der Waals surface area contributed by atoms with E-state index in [2.05, 4.69) is 22.4 Å². The first-order chi connectivity index (χ1) is 12.7. The number of carbonyl (C=O) groups is 1. The highest BCUT2D eigenvalue weighted by molar-refractivity contribution is 5.94. The van der Waals surface area contributed by atoms with Crippen LogP contribution in [0.1, 0.15) is 35.8 Å². The fraction of sp³-hybridized carbons (Fsp3) is 0.250. The summed E-state index contributed by atoms with van der Waals surface area (Å²) in [5.41, 5.74) is 0.920. The third-order valence-corrected chi connectivity index (χ3v) is 4.07. The highest BCUT2D eigenvalue weighted by Gasteiger charge is 2.09. The number of hydrogen-bond acceptors (Lipinski definition) is 4. The average molecular weight is 351 g/mol. The number of unbranched alkanes of at least 4 members (excludes halogenated alkanes) is 1. The Morgan fingerprint density at radius 2 is 1.85 bits per heavy atom. The number of rotatable bonds is 7. The van der Waals surface area contributed by atoms with Crippen LogP contribution in [0.3, 0.4) is 0 Å². The van der Waals surface area contributed by atoms with Crippen LogP contribution in [0.2, 0.25) is 0 Å². The van der Waals surface area contributed by atoms with Gasteiger partial charge in [-0.25, -0.2) is 5.10 Å². The molecule has 26 heavy (non-hydrogen) atoms. The molecule has 0 atom stereocenters. The van der Waals surface area contributed by atoms with Gasteiger partial charge < -0.3 is 10.1 Å². The van der Waals surface area contributed by atoms with Crippen molar-refractivity contribution in [2.45, 2.75) is 26.3 Å². The second kappa shape index (κ2) is 8.29. The van der Waals surface area contributed by atoms with Gasteiger partial charge in [-0.15, -0.1) is 0 Å². The minimum atomic E-state index is -0.241. The van der Waals surface area contributed by atoms with Gasteiger partial charge in [0.05, 0.1) is 24.2 Å². The van der Waals surface area contributed by atoms with Gasteiger partial charge in [-0.3, -0.25) is 9.59 Å². The zero-order valence-electron chi connectivity index (χ0n) is 14.6. The quantitative estimate of drug-likeness (QED) is 0.641. The third kappa shape index (κ3) is 4.08. The number of nitrogens with zero attached hydrogens (tertiary/aromatic N) is 1. The van der Waals surface area contributed by atoms with Crippen LogP contribution in [0.5, 0.6) is 5.75 Å². The van der Waals surface area contributed by atoms with E-state index >= 15 is 0 Å². The van der Waals surface area contributed by atoms with E-state index in [-0.39, 0.29) is 18.0 Å². The molecule has 3 aromatic rings. The van der Waals surface area contributed by atoms with Crippen LogP contribution in [0.15, 0.2) is 53.3 Å². The molecule has 0 bridgehead atoms. The lowest BCUT2D eigenvalue weighted by molar-refractivity contribution is 0.0950. The lowest BCUT2D eigenvalue weighted by Crippen LogP contribution is -2.24. The lowest BCUT2D eigenvalue weighted by Gasteiger charge is -2.08. The number of nitrogens with one attached hydrogen (secondary N) is 2. The number of fused-ring (bicyclic) bond motifs is 1. The Morgan fingerprint density at radius 3 is 2.58 bits per heavy atom. The fourth-order valence-electron chi connectivity index (χ4n) is 2.61. The molecule has 6 heteroatoms. The maximum atomic E-state index is 12.3. The summed E-state index contributed by atoms with van der Waals surface area (Å²) in [7, 11) is 0. The Labute approximate surface area is 151 Å². The number of carbonyl (C=O) groups excluding carboxylic acids is 1. The first-order valence-corrected chi connectivity index (χ1v) is 8.66. The Bertz CT molecular complexity index is 948. The van der Waals surface area contributed by atoms with Gasteiger partial charge in [0.25, 0.3) is 11.5 Å². The highest BCUT2D eigenvalue weighted by atomic mass is 16.5. The van der Waals surface area contributed by atoms with Gasteiger partial charge in [-0.05, 0) is 36.8 Å². The van der Waals surface area contributed by atoms with Crippen molar-refractivity contribution in [1.29, 1.82) is 0 Å². The van der Waals surface area contributed by atoms with Crippen molar-refractivity contribution >= 4 is 16.7 Å². The van der Waals surface area contributed by atoms with Crippen LogP contribution in [0.4, 0.5) is 0 Å². The van der Waals surface area contributed by atoms with Crippen molar-refractivity contribution in [2.75, 3.05) is 6.61 Å². The van der Waals surface area contributed by atoms with E-state index in [0.29, 0.717) is 23.3 Å². The maximum Gasteiger partial charge on any atom is 0.272 e. The monoisotopic (exact) mass is 351 g/mol. The van der Waals surface area contributed by atoms with Gasteiger partial charge in [-0.2, -0.15) is 5.10 Å². The van der Waals surface area contributed by atoms with Crippen molar-refractivity contribution in [1.82, 2.24) is 15.5 Å². The Balaban J connectivity index is 1.66. The van der Waals surface area contributed by atoms with E-state index in [4.69, 9.17) is 4.74 Å². The summed E-state index contributed by atoms with van der Waals surface area (Å²) in [6.07, 6.45) is 2.08. The molecular weight excluding hydrogens is 330 g/mol. The summed E-state index contributed by atoms with van der Waals surface area (Å²) in [5.74, 6) is 0.547. The molecule has 0 saturated carbocycles. The summed E-state index contributed by atoms with van der Waals surface area (Å²) in [4.78, 5) is 24.1. The number of aromatic amines is 1. The molecule has 2 aromatic carbocycles. The van der Waals surface area contributed by atoms with Gasteiger partial charge >= 0.3 is 0 Å². The number of ether oxygens (including phenoxy) is 1. The van der Waals surface area contributed by atoms with Crippen LogP contribution in [0, 0.1) is 0 Å². The molecule has 0 saturated heterocycles. The maximum absolute atomic E-state index is 12.3. The Morgan fingerprint density at radius 1 is 1.12 bits per heavy atom. The number of amides is 1. The molecule has 0 unspecified atom stereocenters. The molecule has 1 aromatic heterocycles. The van der Waals surface area contributed by atoms with E-state index in [9.17, 15) is 9.59 Å². The first-order valence-electron chi connectivity index (χ1n) is 8.66. The SMILES string of the molecule is CCCCOc1ccc(C(=O)NCc2n[nH]c(=O)c3ccccc23)cc1. The predicted octanol–water partition coefficient (Wildman–Crippen LogP) is 3.03. The summed E-state index contributed by atoms with van der Waals surface area (Å²) < 4.78 is 5.59. The molecule has 0 spiro atoms. The normalized spacial score (nSPS) is 10.7. The van der Waals surface area contributed by atoms with Crippen molar-refractivity contribution in [2.24, 2.45) is 0 Å². The molecule has 0 aliphatic rings. The fourth-order valence-corrected chi connectivity index (χ4v) is 2.61. The van der Waals surface area contributed by atoms with Gasteiger partial charge in [0.15, 0.2) is 0 Å². The molecule has 1 heterocycles. The molecule has 0 aliphatic carbocycles. The van der Waals surface area contributed by atoms with Crippen LogP contribution in [0.25, 0.3) is 10.8 Å².